The van der Waals surface area contributed by atoms with Crippen LogP contribution in [0.25, 0.3) is 0 Å². The fourth-order valence-electron chi connectivity index (χ4n) is 1.57. The summed E-state index contributed by atoms with van der Waals surface area (Å²) in [5.41, 5.74) is 0.966. The molecule has 74 valence electrons. The van der Waals surface area contributed by atoms with Crippen LogP contribution in [0, 0.1) is 5.41 Å². The Bertz CT molecular complexity index is 387. The number of nitrogens with one attached hydrogen (secondary N) is 2. The van der Waals surface area contributed by atoms with Crippen molar-refractivity contribution in [2.75, 3.05) is 5.32 Å². The molecule has 1 aromatic carbocycles. The minimum atomic E-state index is -0.633. The minimum absolute atomic E-state index is 0.129. The lowest BCUT2D eigenvalue weighted by Gasteiger charge is -2.41. The van der Waals surface area contributed by atoms with Crippen molar-refractivity contribution in [3.8, 4) is 0 Å². The second-order valence-corrected chi connectivity index (χ2v) is 3.89. The van der Waals surface area contributed by atoms with Gasteiger partial charge in [-0.2, -0.15) is 0 Å². The third-order valence-corrected chi connectivity index (χ3v) is 2.36. The largest absolute Gasteiger partial charge is 0.361 e. The van der Waals surface area contributed by atoms with Gasteiger partial charge in [0.2, 0.25) is 0 Å². The standard InChI is InChI=1S/C10H13N3O/c1-10(2)12-8-6-4-3-5-7(8)9(11)13(10)14/h3-6,11-12,14H,1-2H3. The summed E-state index contributed by atoms with van der Waals surface area (Å²) in [6.07, 6.45) is 0. The zero-order chi connectivity index (χ0) is 10.3. The van der Waals surface area contributed by atoms with Crippen LogP contribution in [0.15, 0.2) is 24.3 Å². The summed E-state index contributed by atoms with van der Waals surface area (Å²) in [6.45, 7) is 3.63. The number of fused-ring (bicyclic) bond motifs is 1. The molecular weight excluding hydrogens is 178 g/mol. The lowest BCUT2D eigenvalue weighted by atomic mass is 10.0. The van der Waals surface area contributed by atoms with E-state index in [-0.39, 0.29) is 5.84 Å². The van der Waals surface area contributed by atoms with Crippen molar-refractivity contribution in [3.63, 3.8) is 0 Å². The van der Waals surface area contributed by atoms with Gasteiger partial charge in [0.25, 0.3) is 0 Å². The molecule has 0 spiro atoms. The SMILES string of the molecule is CC1(C)Nc2ccccc2C(=N)N1O. The Morgan fingerprint density at radius 3 is 2.71 bits per heavy atom. The molecule has 0 aromatic heterocycles. The lowest BCUT2D eigenvalue weighted by Crippen LogP contribution is -2.54. The van der Waals surface area contributed by atoms with Crippen LogP contribution >= 0.6 is 0 Å². The highest BCUT2D eigenvalue weighted by Gasteiger charge is 2.34. The Kier molecular flexibility index (Phi) is 1.75. The number of nitrogens with zero attached hydrogens (tertiary/aromatic N) is 1. The molecule has 4 nitrogen and oxygen atoms in total. The number of anilines is 1. The van der Waals surface area contributed by atoms with Crippen LogP contribution < -0.4 is 5.32 Å². The Morgan fingerprint density at radius 1 is 1.36 bits per heavy atom. The van der Waals surface area contributed by atoms with Crippen molar-refractivity contribution in [3.05, 3.63) is 29.8 Å². The van der Waals surface area contributed by atoms with Gasteiger partial charge in [0.05, 0.1) is 0 Å². The van der Waals surface area contributed by atoms with Gasteiger partial charge in [0.15, 0.2) is 5.84 Å². The zero-order valence-electron chi connectivity index (χ0n) is 8.20. The molecule has 3 N–H and O–H groups in total. The highest BCUT2D eigenvalue weighted by atomic mass is 16.5. The van der Waals surface area contributed by atoms with Gasteiger partial charge >= 0.3 is 0 Å². The summed E-state index contributed by atoms with van der Waals surface area (Å²) in [5, 5.41) is 21.6. The fourth-order valence-corrected chi connectivity index (χ4v) is 1.57. The molecule has 1 aliphatic rings. The van der Waals surface area contributed by atoms with E-state index >= 15 is 0 Å². The van der Waals surface area contributed by atoms with Crippen LogP contribution in [-0.2, 0) is 0 Å². The first-order chi connectivity index (χ1) is 6.52. The molecule has 2 rings (SSSR count). The number of rotatable bonds is 0. The number of hydroxylamine groups is 2. The van der Waals surface area contributed by atoms with Gasteiger partial charge in [0.1, 0.15) is 5.66 Å². The first-order valence-electron chi connectivity index (χ1n) is 4.47. The van der Waals surface area contributed by atoms with Gasteiger partial charge in [-0.05, 0) is 26.0 Å². The van der Waals surface area contributed by atoms with Crippen LogP contribution in [0.2, 0.25) is 0 Å². The van der Waals surface area contributed by atoms with E-state index in [0.717, 1.165) is 10.8 Å². The Morgan fingerprint density at radius 2 is 2.00 bits per heavy atom. The molecule has 1 aliphatic heterocycles. The third-order valence-electron chi connectivity index (χ3n) is 2.36. The number of para-hydroxylation sites is 1. The van der Waals surface area contributed by atoms with Crippen molar-refractivity contribution in [2.24, 2.45) is 0 Å². The van der Waals surface area contributed by atoms with Crippen LogP contribution in [0.1, 0.15) is 19.4 Å². The van der Waals surface area contributed by atoms with Gasteiger partial charge in [-0.25, -0.2) is 5.06 Å². The van der Waals surface area contributed by atoms with E-state index in [0.29, 0.717) is 5.56 Å². The molecule has 1 heterocycles. The quantitative estimate of drug-likeness (QED) is 0.586. The molecule has 0 aliphatic carbocycles. The van der Waals surface area contributed by atoms with Crippen molar-refractivity contribution in [1.29, 1.82) is 5.41 Å². The van der Waals surface area contributed by atoms with Crippen LogP contribution in [-0.4, -0.2) is 21.8 Å². The Balaban J connectivity index is 2.54. The first-order valence-corrected chi connectivity index (χ1v) is 4.47. The van der Waals surface area contributed by atoms with Gasteiger partial charge < -0.3 is 5.32 Å². The molecule has 0 radical (unpaired) electrons. The summed E-state index contributed by atoms with van der Waals surface area (Å²) in [6, 6.07) is 7.46. The number of hydrogen-bond acceptors (Lipinski definition) is 3. The van der Waals surface area contributed by atoms with Crippen molar-refractivity contribution < 1.29 is 5.21 Å². The van der Waals surface area contributed by atoms with E-state index in [1.807, 2.05) is 38.1 Å². The predicted octanol–water partition coefficient (Wildman–Crippen LogP) is 1.86. The summed E-state index contributed by atoms with van der Waals surface area (Å²) in [5.74, 6) is 0.129. The van der Waals surface area contributed by atoms with Crippen LogP contribution in [0.3, 0.4) is 0 Å². The third kappa shape index (κ3) is 1.15. The normalized spacial score (nSPS) is 18.8. The fraction of sp³-hybridized carbons (Fsp3) is 0.300. The van der Waals surface area contributed by atoms with E-state index < -0.39 is 5.66 Å². The molecular formula is C10H13N3O. The molecule has 1 aromatic rings. The van der Waals surface area contributed by atoms with E-state index in [1.54, 1.807) is 0 Å². The van der Waals surface area contributed by atoms with Crippen molar-refractivity contribution in [1.82, 2.24) is 5.06 Å². The van der Waals surface area contributed by atoms with Crippen LogP contribution in [0.5, 0.6) is 0 Å². The van der Waals surface area contributed by atoms with E-state index in [2.05, 4.69) is 5.32 Å². The van der Waals surface area contributed by atoms with Gasteiger partial charge in [-0.15, -0.1) is 0 Å². The second-order valence-electron chi connectivity index (χ2n) is 3.89. The minimum Gasteiger partial charge on any atom is -0.361 e. The van der Waals surface area contributed by atoms with E-state index in [9.17, 15) is 5.21 Å². The summed E-state index contributed by atoms with van der Waals surface area (Å²) < 4.78 is 0. The lowest BCUT2D eigenvalue weighted by molar-refractivity contribution is -0.0830. The smallest absolute Gasteiger partial charge is 0.156 e. The molecule has 0 bridgehead atoms. The number of hydrogen-bond donors (Lipinski definition) is 3. The summed E-state index contributed by atoms with van der Waals surface area (Å²) in [7, 11) is 0. The summed E-state index contributed by atoms with van der Waals surface area (Å²) in [4.78, 5) is 0. The molecule has 0 saturated heterocycles. The van der Waals surface area contributed by atoms with Gasteiger partial charge in [0, 0.05) is 11.3 Å². The topological polar surface area (TPSA) is 59.4 Å². The maximum absolute atomic E-state index is 9.70. The first kappa shape index (κ1) is 9.02. The average Bonchev–Trinajstić information content (AvgIpc) is 2.14. The van der Waals surface area contributed by atoms with E-state index in [4.69, 9.17) is 5.41 Å². The highest BCUT2D eigenvalue weighted by molar-refractivity contribution is 6.03. The molecule has 14 heavy (non-hydrogen) atoms. The molecule has 0 fully saturated rings. The molecule has 0 amide bonds. The van der Waals surface area contributed by atoms with Crippen molar-refractivity contribution >= 4 is 11.5 Å². The molecule has 0 saturated carbocycles. The molecule has 0 unspecified atom stereocenters. The Labute approximate surface area is 82.6 Å². The average molecular weight is 191 g/mol. The highest BCUT2D eigenvalue weighted by Crippen LogP contribution is 2.28. The monoisotopic (exact) mass is 191 g/mol. The predicted molar refractivity (Wildman–Crippen MR) is 54.6 cm³/mol. The van der Waals surface area contributed by atoms with Crippen molar-refractivity contribution in [2.45, 2.75) is 19.5 Å². The summed E-state index contributed by atoms with van der Waals surface area (Å²) >= 11 is 0. The van der Waals surface area contributed by atoms with Gasteiger partial charge in [-0.3, -0.25) is 10.6 Å². The number of amidine groups is 1. The molecule has 4 heteroatoms. The van der Waals surface area contributed by atoms with Gasteiger partial charge in [-0.1, -0.05) is 12.1 Å². The number of benzene rings is 1. The maximum atomic E-state index is 9.70. The van der Waals surface area contributed by atoms with E-state index in [1.165, 1.54) is 0 Å². The molecule has 0 atom stereocenters. The Hall–Kier alpha value is -1.55. The zero-order valence-corrected chi connectivity index (χ0v) is 8.20. The second kappa shape index (κ2) is 2.72. The maximum Gasteiger partial charge on any atom is 0.156 e. The van der Waals surface area contributed by atoms with Crippen LogP contribution in [0.4, 0.5) is 5.69 Å².